The molecule has 4 rings (SSSR count). The van der Waals surface area contributed by atoms with E-state index in [1.165, 1.54) is 6.42 Å². The van der Waals surface area contributed by atoms with Crippen molar-refractivity contribution >= 4 is 35.3 Å². The van der Waals surface area contributed by atoms with Gasteiger partial charge in [0.05, 0.1) is 11.1 Å². The number of carbonyl (C=O) groups excluding carboxylic acids is 1. The molecule has 0 saturated heterocycles. The summed E-state index contributed by atoms with van der Waals surface area (Å²) in [4.78, 5) is 14.3. The Morgan fingerprint density at radius 1 is 1.19 bits per heavy atom. The summed E-state index contributed by atoms with van der Waals surface area (Å²) in [7, 11) is 0. The van der Waals surface area contributed by atoms with Crippen molar-refractivity contribution in [1.29, 1.82) is 0 Å². The Kier molecular flexibility index (Phi) is 6.00. The van der Waals surface area contributed by atoms with Crippen molar-refractivity contribution in [3.05, 3.63) is 51.5 Å². The van der Waals surface area contributed by atoms with Crippen molar-refractivity contribution in [1.82, 2.24) is 5.32 Å². The van der Waals surface area contributed by atoms with Gasteiger partial charge in [-0.25, -0.2) is 4.39 Å². The quantitative estimate of drug-likeness (QED) is 0.785. The molecule has 1 aromatic heterocycles. The van der Waals surface area contributed by atoms with E-state index in [0.717, 1.165) is 48.2 Å². The van der Waals surface area contributed by atoms with E-state index in [9.17, 15) is 9.18 Å². The number of hydrogen-bond donors (Lipinski definition) is 2. The van der Waals surface area contributed by atoms with Crippen molar-refractivity contribution in [2.24, 2.45) is 0 Å². The van der Waals surface area contributed by atoms with Gasteiger partial charge < -0.3 is 10.6 Å². The van der Waals surface area contributed by atoms with Gasteiger partial charge in [-0.1, -0.05) is 31.4 Å². The molecule has 0 bridgehead atoms. The standard InChI is InChI=1S/C20H23FN2OS.ClH/c21-18-15-8-11-22-13-14(15)6-7-16(18)23-19(24)20(9-2-1-3-10-20)17-5-4-12-25-17;/h4-7,12,22H,1-3,8-11,13H2,(H,23,24);1H. The number of nitrogens with one attached hydrogen (secondary N) is 2. The highest BCUT2D eigenvalue weighted by atomic mass is 35.5. The molecule has 2 aromatic rings. The SMILES string of the molecule is Cl.O=C(Nc1ccc2c(c1F)CCNC2)C1(c2cccs2)CCCCC1. The number of thiophene rings is 1. The first-order chi connectivity index (χ1) is 12.2. The van der Waals surface area contributed by atoms with Gasteiger partial charge in [0.2, 0.25) is 5.91 Å². The fourth-order valence-electron chi connectivity index (χ4n) is 4.16. The summed E-state index contributed by atoms with van der Waals surface area (Å²) >= 11 is 1.63. The summed E-state index contributed by atoms with van der Waals surface area (Å²) in [5.41, 5.74) is 1.56. The average molecular weight is 395 g/mol. The summed E-state index contributed by atoms with van der Waals surface area (Å²) in [6.45, 7) is 1.47. The van der Waals surface area contributed by atoms with E-state index in [-0.39, 0.29) is 24.1 Å². The predicted molar refractivity (Wildman–Crippen MR) is 107 cm³/mol. The molecule has 0 spiro atoms. The molecule has 2 N–H and O–H groups in total. The van der Waals surface area contributed by atoms with Crippen LogP contribution in [0, 0.1) is 5.82 Å². The van der Waals surface area contributed by atoms with Crippen LogP contribution in [0.4, 0.5) is 10.1 Å². The lowest BCUT2D eigenvalue weighted by molar-refractivity contribution is -0.122. The Labute approximate surface area is 163 Å². The largest absolute Gasteiger partial charge is 0.323 e. The van der Waals surface area contributed by atoms with E-state index in [2.05, 4.69) is 10.6 Å². The molecular weight excluding hydrogens is 371 g/mol. The normalized spacial score (nSPS) is 18.5. The minimum Gasteiger partial charge on any atom is -0.323 e. The highest BCUT2D eigenvalue weighted by molar-refractivity contribution is 7.10. The van der Waals surface area contributed by atoms with Gasteiger partial charge in [-0.2, -0.15) is 0 Å². The molecule has 1 saturated carbocycles. The topological polar surface area (TPSA) is 41.1 Å². The molecule has 140 valence electrons. The number of halogens is 2. The highest BCUT2D eigenvalue weighted by Gasteiger charge is 2.42. The van der Waals surface area contributed by atoms with Crippen molar-refractivity contribution in [2.45, 2.75) is 50.5 Å². The molecule has 1 aliphatic heterocycles. The monoisotopic (exact) mass is 394 g/mol. The van der Waals surface area contributed by atoms with E-state index in [0.29, 0.717) is 18.7 Å². The van der Waals surface area contributed by atoms with Gasteiger partial charge in [-0.05, 0) is 54.4 Å². The number of rotatable bonds is 3. The predicted octanol–water partition coefficient (Wildman–Crippen LogP) is 4.80. The van der Waals surface area contributed by atoms with Crippen LogP contribution in [0.5, 0.6) is 0 Å². The molecule has 6 heteroatoms. The summed E-state index contributed by atoms with van der Waals surface area (Å²) < 4.78 is 14.9. The maximum atomic E-state index is 14.9. The maximum absolute atomic E-state index is 14.9. The van der Waals surface area contributed by atoms with Crippen molar-refractivity contribution < 1.29 is 9.18 Å². The van der Waals surface area contributed by atoms with Crippen LogP contribution in [-0.4, -0.2) is 12.5 Å². The van der Waals surface area contributed by atoms with Gasteiger partial charge in [-0.15, -0.1) is 23.7 Å². The van der Waals surface area contributed by atoms with Crippen molar-refractivity contribution in [3.8, 4) is 0 Å². The molecule has 1 aliphatic carbocycles. The summed E-state index contributed by atoms with van der Waals surface area (Å²) in [5.74, 6) is -0.313. The van der Waals surface area contributed by atoms with Crippen LogP contribution in [-0.2, 0) is 23.2 Å². The van der Waals surface area contributed by atoms with Crippen LogP contribution in [0.2, 0.25) is 0 Å². The number of benzene rings is 1. The Balaban J connectivity index is 0.00000196. The summed E-state index contributed by atoms with van der Waals surface area (Å²) in [6.07, 6.45) is 5.61. The number of hydrogen-bond acceptors (Lipinski definition) is 3. The third kappa shape index (κ3) is 3.40. The lowest BCUT2D eigenvalue weighted by atomic mass is 9.72. The highest BCUT2D eigenvalue weighted by Crippen LogP contribution is 2.42. The number of anilines is 1. The van der Waals surface area contributed by atoms with Gasteiger partial charge in [0.1, 0.15) is 5.82 Å². The molecule has 26 heavy (non-hydrogen) atoms. The third-order valence-electron chi connectivity index (χ3n) is 5.59. The first-order valence-electron chi connectivity index (χ1n) is 9.07. The third-order valence-corrected chi connectivity index (χ3v) is 6.66. The van der Waals surface area contributed by atoms with Crippen molar-refractivity contribution in [3.63, 3.8) is 0 Å². The van der Waals surface area contributed by atoms with Crippen LogP contribution in [0.25, 0.3) is 0 Å². The Morgan fingerprint density at radius 2 is 2.00 bits per heavy atom. The zero-order valence-electron chi connectivity index (χ0n) is 14.6. The lowest BCUT2D eigenvalue weighted by Gasteiger charge is -2.35. The molecule has 0 unspecified atom stereocenters. The molecule has 3 nitrogen and oxygen atoms in total. The van der Waals surface area contributed by atoms with Crippen LogP contribution < -0.4 is 10.6 Å². The zero-order valence-corrected chi connectivity index (χ0v) is 16.3. The second-order valence-corrected chi connectivity index (χ2v) is 8.01. The fraction of sp³-hybridized carbons (Fsp3) is 0.450. The number of fused-ring (bicyclic) bond motifs is 1. The summed E-state index contributed by atoms with van der Waals surface area (Å²) in [5, 5.41) is 8.20. The average Bonchev–Trinajstić information content (AvgIpc) is 3.20. The van der Waals surface area contributed by atoms with E-state index >= 15 is 0 Å². The van der Waals surface area contributed by atoms with Crippen LogP contribution in [0.15, 0.2) is 29.6 Å². The van der Waals surface area contributed by atoms with E-state index in [1.807, 2.05) is 23.6 Å². The van der Waals surface area contributed by atoms with Crippen LogP contribution in [0.1, 0.15) is 48.1 Å². The van der Waals surface area contributed by atoms with Crippen LogP contribution >= 0.6 is 23.7 Å². The lowest BCUT2D eigenvalue weighted by Crippen LogP contribution is -2.41. The van der Waals surface area contributed by atoms with Crippen LogP contribution in [0.3, 0.4) is 0 Å². The Hall–Kier alpha value is -1.43. The molecule has 1 amide bonds. The molecule has 2 aliphatic rings. The number of carbonyl (C=O) groups is 1. The second kappa shape index (κ2) is 8.07. The van der Waals surface area contributed by atoms with Crippen molar-refractivity contribution in [2.75, 3.05) is 11.9 Å². The maximum Gasteiger partial charge on any atom is 0.235 e. The molecular formula is C20H24ClFN2OS. The smallest absolute Gasteiger partial charge is 0.235 e. The molecule has 2 heterocycles. The first kappa shape index (κ1) is 19.3. The van der Waals surface area contributed by atoms with E-state index in [4.69, 9.17) is 0 Å². The number of amides is 1. The zero-order chi connectivity index (χ0) is 17.3. The molecule has 1 fully saturated rings. The van der Waals surface area contributed by atoms with Gasteiger partial charge in [0.15, 0.2) is 0 Å². The van der Waals surface area contributed by atoms with Gasteiger partial charge >= 0.3 is 0 Å². The molecule has 0 atom stereocenters. The minimum atomic E-state index is -0.504. The Bertz CT molecular complexity index is 772. The Morgan fingerprint density at radius 3 is 2.73 bits per heavy atom. The fourth-order valence-corrected chi connectivity index (χ4v) is 5.15. The molecule has 1 aromatic carbocycles. The van der Waals surface area contributed by atoms with E-state index < -0.39 is 5.41 Å². The van der Waals surface area contributed by atoms with E-state index in [1.54, 1.807) is 17.4 Å². The van der Waals surface area contributed by atoms with Gasteiger partial charge in [0.25, 0.3) is 0 Å². The van der Waals surface area contributed by atoms with Gasteiger partial charge in [0, 0.05) is 11.4 Å². The van der Waals surface area contributed by atoms with Gasteiger partial charge in [-0.3, -0.25) is 4.79 Å². The second-order valence-electron chi connectivity index (χ2n) is 7.07. The first-order valence-corrected chi connectivity index (χ1v) is 9.95. The minimum absolute atomic E-state index is 0. The molecule has 0 radical (unpaired) electrons. The summed E-state index contributed by atoms with van der Waals surface area (Å²) in [6, 6.07) is 7.68.